The van der Waals surface area contributed by atoms with Crippen LogP contribution in [0.4, 0.5) is 11.6 Å². The van der Waals surface area contributed by atoms with Crippen LogP contribution < -0.4 is 68.6 Å². The summed E-state index contributed by atoms with van der Waals surface area (Å²) in [5, 5.41) is 8.63. The summed E-state index contributed by atoms with van der Waals surface area (Å²) in [6, 6.07) is 9.17. The maximum absolute atomic E-state index is 6.12. The molecule has 21 heteroatoms. The molecule has 0 atom stereocenters. The van der Waals surface area contributed by atoms with E-state index in [1.807, 2.05) is 12.1 Å². The van der Waals surface area contributed by atoms with E-state index in [1.54, 1.807) is 23.5 Å². The molecule has 2 aliphatic rings. The SMILES string of the molecule is CC(C)NCCCn1c(Sc2cc3c(c[c]2[Sn]([CH3])([CH3])[CH3])OCO3)nc2c(N)ncnc21.CC(C)NCCCn1c(Sc2cc3c(cc2I)OCO3)nc2c(N)ncnc21.[I-]. The molecule has 0 unspecified atom stereocenters. The van der Waals surface area contributed by atoms with Crippen LogP contribution in [0.3, 0.4) is 0 Å². The number of nitrogens with one attached hydrogen (secondary N) is 2. The Kier molecular flexibility index (Phi) is 16.0. The van der Waals surface area contributed by atoms with Crippen molar-refractivity contribution in [2.45, 2.75) is 101 Å². The van der Waals surface area contributed by atoms with Crippen LogP contribution in [0.1, 0.15) is 40.5 Å². The fourth-order valence-electron chi connectivity index (χ4n) is 6.45. The molecule has 0 amide bonds. The van der Waals surface area contributed by atoms with Gasteiger partial charge in [-0.15, -0.1) is 0 Å². The van der Waals surface area contributed by atoms with Crippen LogP contribution in [0.2, 0.25) is 14.8 Å². The van der Waals surface area contributed by atoms with Crippen molar-refractivity contribution in [3.8, 4) is 23.0 Å². The molecule has 322 valence electrons. The van der Waals surface area contributed by atoms with Gasteiger partial charge in [-0.1, -0.05) is 25.6 Å². The molecule has 2 aromatic carbocycles. The molecule has 60 heavy (non-hydrogen) atoms. The number of hydrogen-bond acceptors (Lipinski definition) is 16. The van der Waals surface area contributed by atoms with Crippen LogP contribution in [-0.4, -0.2) is 96.2 Å². The van der Waals surface area contributed by atoms with Gasteiger partial charge in [0.05, 0.1) is 0 Å². The Morgan fingerprint density at radius 1 is 0.683 bits per heavy atom. The van der Waals surface area contributed by atoms with Crippen LogP contribution in [0.15, 0.2) is 57.0 Å². The van der Waals surface area contributed by atoms with Gasteiger partial charge in [-0.3, -0.25) is 0 Å². The monoisotopic (exact) mass is 1190 g/mol. The number of hydrogen-bond donors (Lipinski definition) is 4. The first-order valence-corrected chi connectivity index (χ1v) is 32.3. The number of anilines is 2. The topological polar surface area (TPSA) is 200 Å². The Balaban J connectivity index is 0.000000199. The van der Waals surface area contributed by atoms with E-state index < -0.39 is 18.4 Å². The van der Waals surface area contributed by atoms with Crippen LogP contribution in [0.5, 0.6) is 23.0 Å². The third kappa shape index (κ3) is 11.0. The Bertz CT molecular complexity index is 2450. The molecule has 0 saturated carbocycles. The third-order valence-electron chi connectivity index (χ3n) is 9.39. The van der Waals surface area contributed by atoms with E-state index in [0.29, 0.717) is 34.8 Å². The van der Waals surface area contributed by atoms with Gasteiger partial charge in [-0.2, -0.15) is 0 Å². The Labute approximate surface area is 393 Å². The molecule has 0 radical (unpaired) electrons. The second kappa shape index (κ2) is 20.6. The van der Waals surface area contributed by atoms with Gasteiger partial charge in [-0.25, -0.2) is 15.0 Å². The predicted octanol–water partition coefficient (Wildman–Crippen LogP) is 3.51. The Morgan fingerprint density at radius 2 is 1.12 bits per heavy atom. The van der Waals surface area contributed by atoms with Gasteiger partial charge < -0.3 is 49.1 Å². The molecule has 2 aliphatic heterocycles. The van der Waals surface area contributed by atoms with Gasteiger partial charge in [0.15, 0.2) is 33.6 Å². The molecule has 4 aromatic heterocycles. The fraction of sp³-hybridized carbons (Fsp3) is 0.436. The third-order valence-corrected chi connectivity index (χ3v) is 19.1. The minimum atomic E-state index is -2.45. The molecule has 6 N–H and O–H groups in total. The number of ether oxygens (including phenoxy) is 4. The number of nitrogens with two attached hydrogens (primary N) is 2. The van der Waals surface area contributed by atoms with Gasteiger partial charge in [0.2, 0.25) is 6.79 Å². The van der Waals surface area contributed by atoms with Gasteiger partial charge >= 0.3 is 192 Å². The Morgan fingerprint density at radius 3 is 1.58 bits per heavy atom. The van der Waals surface area contributed by atoms with Crippen molar-refractivity contribution < 1.29 is 42.9 Å². The summed E-state index contributed by atoms with van der Waals surface area (Å²) in [5.74, 6) is 3.97. The van der Waals surface area contributed by atoms with Gasteiger partial charge in [0.25, 0.3) is 0 Å². The van der Waals surface area contributed by atoms with Crippen molar-refractivity contribution in [2.75, 3.05) is 38.1 Å². The van der Waals surface area contributed by atoms with Gasteiger partial charge in [0.1, 0.15) is 6.33 Å². The number of nitrogens with zero attached hydrogens (tertiary/aromatic N) is 8. The number of imidazole rings is 2. The summed E-state index contributed by atoms with van der Waals surface area (Å²) < 4.78 is 29.0. The van der Waals surface area contributed by atoms with Crippen molar-refractivity contribution in [2.24, 2.45) is 0 Å². The molecule has 0 aliphatic carbocycles. The molecule has 8 rings (SSSR count). The average molecular weight is 1190 g/mol. The number of nitrogen functional groups attached to an aromatic ring is 2. The molecular weight excluding hydrogens is 1140 g/mol. The van der Waals surface area contributed by atoms with Crippen molar-refractivity contribution in [3.05, 3.63) is 40.5 Å². The second-order valence-electron chi connectivity index (χ2n) is 15.7. The molecule has 6 aromatic rings. The minimum Gasteiger partial charge on any atom is -1.00 e. The van der Waals surface area contributed by atoms with Gasteiger partial charge in [0, 0.05) is 21.1 Å². The number of fused-ring (bicyclic) bond motifs is 4. The zero-order valence-corrected chi connectivity index (χ0v) is 43.5. The van der Waals surface area contributed by atoms with Crippen LogP contribution >= 0.6 is 46.1 Å². The molecule has 0 saturated heterocycles. The maximum atomic E-state index is 6.12. The van der Waals surface area contributed by atoms with E-state index >= 15 is 0 Å². The van der Waals surface area contributed by atoms with Gasteiger partial charge in [-0.05, 0) is 47.7 Å². The van der Waals surface area contributed by atoms with Crippen LogP contribution in [0.25, 0.3) is 22.3 Å². The number of rotatable bonds is 15. The fourth-order valence-corrected chi connectivity index (χ4v) is 15.5. The summed E-state index contributed by atoms with van der Waals surface area (Å²) in [5.41, 5.74) is 15.0. The van der Waals surface area contributed by atoms with E-state index in [4.69, 9.17) is 40.4 Å². The smallest absolute Gasteiger partial charge is 0.231 e. The quantitative estimate of drug-likeness (QED) is 0.0661. The summed E-state index contributed by atoms with van der Waals surface area (Å²) in [4.78, 5) is 36.2. The molecule has 0 spiro atoms. The van der Waals surface area contributed by atoms with Crippen molar-refractivity contribution in [1.29, 1.82) is 0 Å². The van der Waals surface area contributed by atoms with E-state index in [0.717, 1.165) is 92.1 Å². The predicted molar refractivity (Wildman–Crippen MR) is 244 cm³/mol. The zero-order chi connectivity index (χ0) is 41.8. The van der Waals surface area contributed by atoms with E-state index in [1.165, 1.54) is 21.1 Å². The van der Waals surface area contributed by atoms with Crippen molar-refractivity contribution in [1.82, 2.24) is 49.7 Å². The first kappa shape index (κ1) is 46.7. The molecule has 6 heterocycles. The zero-order valence-electron chi connectivity index (χ0n) is 34.7. The molecule has 0 bridgehead atoms. The number of halogens is 2. The minimum absolute atomic E-state index is 0. The maximum Gasteiger partial charge on any atom is 0.231 e. The van der Waals surface area contributed by atoms with E-state index in [-0.39, 0.29) is 37.6 Å². The van der Waals surface area contributed by atoms with E-state index in [2.05, 4.69) is 117 Å². The molecular formula is C39H51I2N12O4S2Sn-. The van der Waals surface area contributed by atoms with Crippen molar-refractivity contribution >= 4 is 102 Å². The average Bonchev–Trinajstić information content (AvgIpc) is 3.98. The van der Waals surface area contributed by atoms with E-state index in [9.17, 15) is 0 Å². The standard InChI is InChI=1S/C18H21IN6O2S.C18H21N6O2S.3CH3.HI.Sn/c1-10(2)21-4-3-5-25-17-15(16(20)22-8-23-17)24-18(25)28-14-7-13-12(6-11(14)19)26-9-27-13;1-11(2)20-6-3-7-24-17-15(16(19)21-9-22-17)23-18(24)27-12-4-5-13-14(8-12)26-10-25-13;;;;;/h6-8,10,21H,3-5,9H2,1-2H3,(H2,20,22,23);5,8-9,11,20H,3,6-7,10H2,1-2H3,(H2,19,21,22);3*1H3;1H;/p-1. The number of aryl methyl sites for hydroxylation is 2. The Hall–Kier alpha value is -2.78. The van der Waals surface area contributed by atoms with Crippen LogP contribution in [0, 0.1) is 3.57 Å². The summed E-state index contributed by atoms with van der Waals surface area (Å²) in [7, 11) is 0. The second-order valence-corrected chi connectivity index (χ2v) is 33.2. The first-order chi connectivity index (χ1) is 28.3. The molecule has 16 nitrogen and oxygen atoms in total. The number of benzene rings is 2. The summed E-state index contributed by atoms with van der Waals surface area (Å²) >= 11 is 3.08. The number of aromatic nitrogens is 8. The largest absolute Gasteiger partial charge is 1.00 e. The molecule has 0 fully saturated rings. The first-order valence-electron chi connectivity index (χ1n) is 19.6. The van der Waals surface area contributed by atoms with Crippen LogP contribution in [-0.2, 0) is 13.1 Å². The normalized spacial score (nSPS) is 13.0. The summed E-state index contributed by atoms with van der Waals surface area (Å²) in [6.07, 6.45) is 4.92. The summed E-state index contributed by atoms with van der Waals surface area (Å²) in [6.45, 7) is 12.6. The van der Waals surface area contributed by atoms with Crippen molar-refractivity contribution in [3.63, 3.8) is 0 Å².